The van der Waals surface area contributed by atoms with Crippen LogP contribution in [0.1, 0.15) is 77.4 Å². The average molecular weight is 771 g/mol. The number of benzene rings is 1. The van der Waals surface area contributed by atoms with Crippen molar-refractivity contribution in [3.63, 3.8) is 0 Å². The van der Waals surface area contributed by atoms with E-state index in [1.165, 1.54) is 18.3 Å². The van der Waals surface area contributed by atoms with Crippen LogP contribution in [0.4, 0.5) is 22.1 Å². The maximum absolute atomic E-state index is 13.3. The summed E-state index contributed by atoms with van der Waals surface area (Å²) in [4.78, 5) is 63.1. The first-order valence-corrected chi connectivity index (χ1v) is 18.6. The Morgan fingerprint density at radius 3 is 2.46 bits per heavy atom. The van der Waals surface area contributed by atoms with Gasteiger partial charge in [0.2, 0.25) is 17.8 Å². The van der Waals surface area contributed by atoms with Gasteiger partial charge in [-0.15, -0.1) is 0 Å². The van der Waals surface area contributed by atoms with E-state index < -0.39 is 23.3 Å². The van der Waals surface area contributed by atoms with Crippen LogP contribution in [-0.2, 0) is 17.8 Å². The molecule has 0 spiro atoms. The number of allylic oxidation sites excluding steroid dienone is 1. The summed E-state index contributed by atoms with van der Waals surface area (Å²) in [5, 5.41) is 10.5. The number of imidazole rings is 1. The fourth-order valence-corrected chi connectivity index (χ4v) is 7.07. The fourth-order valence-electron chi connectivity index (χ4n) is 7.07. The topological polar surface area (TPSA) is 244 Å². The van der Waals surface area contributed by atoms with Crippen LogP contribution in [0.3, 0.4) is 0 Å². The molecule has 4 amide bonds. The van der Waals surface area contributed by atoms with E-state index >= 15 is 0 Å². The average Bonchev–Trinajstić information content (AvgIpc) is 3.91. The number of nitrogens with one attached hydrogen (secondary N) is 2. The zero-order chi connectivity index (χ0) is 40.3. The summed E-state index contributed by atoms with van der Waals surface area (Å²) in [6.45, 7) is 13.0. The smallest absolute Gasteiger partial charge is 0.410 e. The number of nitrogens with zero attached hydrogens (tertiary/aromatic N) is 7. The number of hydrogen-bond donors (Lipinski definition) is 5. The Morgan fingerprint density at radius 1 is 1.02 bits per heavy atom. The Bertz CT molecular complexity index is 2170. The lowest BCUT2D eigenvalue weighted by atomic mass is 10.1. The summed E-state index contributed by atoms with van der Waals surface area (Å²) in [6.07, 6.45) is 6.45. The number of anilines is 3. The van der Waals surface area contributed by atoms with Crippen LogP contribution in [0.2, 0.25) is 0 Å². The fraction of sp³-hybridized carbons (Fsp3) is 0.447. The van der Waals surface area contributed by atoms with E-state index in [1.807, 2.05) is 51.7 Å². The normalized spacial score (nSPS) is 16.8. The van der Waals surface area contributed by atoms with Gasteiger partial charge in [0.15, 0.2) is 5.65 Å². The Labute approximate surface area is 324 Å². The van der Waals surface area contributed by atoms with Crippen molar-refractivity contribution < 1.29 is 28.7 Å². The zero-order valence-electron chi connectivity index (χ0n) is 32.4. The van der Waals surface area contributed by atoms with Gasteiger partial charge in [0.1, 0.15) is 28.2 Å². The standard InChI is InChI=1S/C38H50N12O6/c1-6-50-29(14-22(2)46-50)35(53)45-36-44-28-16-24(33(41)52)19-43-34(28)48(36)12-8-7-10-42-31-27(39)15-23(32(40)51)17-30(31)55-13-9-11-47-20-26-18-25(47)21-49(26)37(54)56-38(3,4)5/h7-8,14-17,19,25-26,42H,6,9-13,18,20-21,39H2,1-5H3,(H2,40,51)(H2,41,52)(H,44,45,53)/b8-7+/t25-,26-/m0/s1. The molecule has 18 heteroatoms. The number of primary amides is 2. The van der Waals surface area contributed by atoms with Gasteiger partial charge in [-0.3, -0.25) is 33.8 Å². The van der Waals surface area contributed by atoms with Crippen LogP contribution in [0.5, 0.6) is 5.75 Å². The molecule has 2 saturated heterocycles. The van der Waals surface area contributed by atoms with Crippen molar-refractivity contribution in [3.8, 4) is 5.75 Å². The number of nitrogens with two attached hydrogens (primary N) is 3. The molecule has 2 fully saturated rings. The summed E-state index contributed by atoms with van der Waals surface area (Å²) in [6, 6.07) is 6.71. The van der Waals surface area contributed by atoms with Gasteiger partial charge in [0.05, 0.1) is 23.6 Å². The number of aryl methyl sites for hydroxylation is 2. The van der Waals surface area contributed by atoms with Gasteiger partial charge in [-0.2, -0.15) is 5.10 Å². The van der Waals surface area contributed by atoms with Crippen molar-refractivity contribution >= 4 is 52.3 Å². The quantitative estimate of drug-likeness (QED) is 0.0665. The second-order valence-electron chi connectivity index (χ2n) is 14.9. The SMILES string of the molecule is CCn1nc(C)cc1C(=O)Nc1nc2cc(C(N)=O)cnc2n1C/C=C/CNc1c(N)cc(C(N)=O)cc1OCCCN1C[C@@H]2C[C@H]1CN2C(=O)OC(C)(C)C. The highest BCUT2D eigenvalue weighted by Gasteiger charge is 2.46. The molecule has 0 saturated carbocycles. The van der Waals surface area contributed by atoms with E-state index in [9.17, 15) is 19.2 Å². The minimum atomic E-state index is -0.647. The van der Waals surface area contributed by atoms with E-state index in [0.29, 0.717) is 72.3 Å². The monoisotopic (exact) mass is 770 g/mol. The number of aromatic nitrogens is 5. The summed E-state index contributed by atoms with van der Waals surface area (Å²) in [7, 11) is 0. The third kappa shape index (κ3) is 8.86. The van der Waals surface area contributed by atoms with Gasteiger partial charge in [-0.25, -0.2) is 14.8 Å². The molecule has 2 bridgehead atoms. The molecule has 8 N–H and O–H groups in total. The Kier molecular flexibility index (Phi) is 11.5. The number of ether oxygens (including phenoxy) is 2. The Morgan fingerprint density at radius 2 is 1.79 bits per heavy atom. The number of amides is 4. The number of fused-ring (bicyclic) bond motifs is 3. The van der Waals surface area contributed by atoms with Crippen molar-refractivity contribution in [1.82, 2.24) is 34.1 Å². The molecule has 4 aromatic rings. The minimum absolute atomic E-state index is 0.135. The first kappa shape index (κ1) is 39.5. The Hall–Kier alpha value is -6.17. The van der Waals surface area contributed by atoms with Crippen LogP contribution in [0.15, 0.2) is 42.6 Å². The number of carbonyl (C=O) groups is 4. The van der Waals surface area contributed by atoms with Crippen LogP contribution in [0.25, 0.3) is 11.2 Å². The molecule has 0 unspecified atom stereocenters. The van der Waals surface area contributed by atoms with Crippen LogP contribution in [-0.4, -0.2) is 108 Å². The van der Waals surface area contributed by atoms with Crippen LogP contribution in [0, 0.1) is 6.92 Å². The van der Waals surface area contributed by atoms with E-state index in [-0.39, 0.29) is 41.8 Å². The molecule has 6 rings (SSSR count). The van der Waals surface area contributed by atoms with E-state index in [2.05, 4.69) is 30.6 Å². The molecule has 1 aromatic carbocycles. The van der Waals surface area contributed by atoms with Gasteiger partial charge >= 0.3 is 6.09 Å². The van der Waals surface area contributed by atoms with E-state index in [0.717, 1.165) is 19.5 Å². The summed E-state index contributed by atoms with van der Waals surface area (Å²) < 4.78 is 15.1. The molecule has 0 radical (unpaired) electrons. The highest BCUT2D eigenvalue weighted by Crippen LogP contribution is 2.34. The lowest BCUT2D eigenvalue weighted by molar-refractivity contribution is 0.0126. The highest BCUT2D eigenvalue weighted by atomic mass is 16.6. The number of hydrogen-bond acceptors (Lipinski definition) is 12. The molecular weight excluding hydrogens is 720 g/mol. The number of piperazine rings is 1. The highest BCUT2D eigenvalue weighted by molar-refractivity contribution is 6.03. The first-order chi connectivity index (χ1) is 26.6. The van der Waals surface area contributed by atoms with Gasteiger partial charge in [-0.05, 0) is 71.7 Å². The number of rotatable bonds is 15. The maximum Gasteiger partial charge on any atom is 0.410 e. The van der Waals surface area contributed by atoms with Crippen molar-refractivity contribution in [2.45, 2.75) is 78.2 Å². The third-order valence-corrected chi connectivity index (χ3v) is 9.63. The summed E-state index contributed by atoms with van der Waals surface area (Å²) in [5.74, 6) is -1.05. The number of likely N-dealkylation sites (tertiary alicyclic amines) is 2. The lowest BCUT2D eigenvalue weighted by Gasteiger charge is -2.35. The number of pyridine rings is 1. The maximum atomic E-state index is 13.3. The van der Waals surface area contributed by atoms with Gasteiger partial charge in [0, 0.05) is 63.1 Å². The van der Waals surface area contributed by atoms with E-state index in [1.54, 1.807) is 21.4 Å². The molecule has 298 valence electrons. The molecule has 18 nitrogen and oxygen atoms in total. The molecule has 3 aromatic heterocycles. The molecule has 0 aliphatic carbocycles. The van der Waals surface area contributed by atoms with Crippen molar-refractivity contribution in [2.24, 2.45) is 11.5 Å². The third-order valence-electron chi connectivity index (χ3n) is 9.63. The van der Waals surface area contributed by atoms with Crippen LogP contribution < -0.4 is 32.6 Å². The largest absolute Gasteiger partial charge is 0.491 e. The number of nitrogen functional groups attached to an aromatic ring is 1. The molecule has 56 heavy (non-hydrogen) atoms. The predicted molar refractivity (Wildman–Crippen MR) is 210 cm³/mol. The van der Waals surface area contributed by atoms with Crippen molar-refractivity contribution in [1.29, 1.82) is 0 Å². The van der Waals surface area contributed by atoms with Gasteiger partial charge in [0.25, 0.3) is 5.91 Å². The second kappa shape index (κ2) is 16.3. The van der Waals surface area contributed by atoms with Gasteiger partial charge < -0.3 is 36.9 Å². The summed E-state index contributed by atoms with van der Waals surface area (Å²) >= 11 is 0. The van der Waals surface area contributed by atoms with Gasteiger partial charge in [-0.1, -0.05) is 12.2 Å². The molecule has 2 aliphatic rings. The second-order valence-corrected chi connectivity index (χ2v) is 14.9. The minimum Gasteiger partial charge on any atom is -0.491 e. The zero-order valence-corrected chi connectivity index (χ0v) is 32.4. The lowest BCUT2D eigenvalue weighted by Crippen LogP contribution is -2.50. The molecule has 5 heterocycles. The number of carbonyl (C=O) groups excluding carboxylic acids is 4. The van der Waals surface area contributed by atoms with E-state index in [4.69, 9.17) is 26.7 Å². The van der Waals surface area contributed by atoms with Crippen molar-refractivity contribution in [3.05, 3.63) is 65.1 Å². The Balaban J connectivity index is 1.09. The predicted octanol–water partition coefficient (Wildman–Crippen LogP) is 3.12. The van der Waals surface area contributed by atoms with Crippen LogP contribution >= 0.6 is 0 Å². The molecule has 2 aliphatic heterocycles. The first-order valence-electron chi connectivity index (χ1n) is 18.6. The van der Waals surface area contributed by atoms with Crippen molar-refractivity contribution in [2.75, 3.05) is 49.2 Å². The molecular formula is C38H50N12O6. The summed E-state index contributed by atoms with van der Waals surface area (Å²) in [5.41, 5.74) is 20.0. The molecule has 2 atom stereocenters.